The summed E-state index contributed by atoms with van der Waals surface area (Å²) in [5.41, 5.74) is -1.07. The van der Waals surface area contributed by atoms with Crippen LogP contribution in [0, 0.1) is 0 Å². The molecule has 148 valence electrons. The lowest BCUT2D eigenvalue weighted by molar-refractivity contribution is 0.0610. The van der Waals surface area contributed by atoms with Crippen LogP contribution in [0.15, 0.2) is 46.0 Å². The number of hydrogen-bond donors (Lipinski definition) is 1. The average Bonchev–Trinajstić information content (AvgIpc) is 2.61. The van der Waals surface area contributed by atoms with E-state index in [0.717, 1.165) is 4.57 Å². The van der Waals surface area contributed by atoms with E-state index in [4.69, 9.17) is 27.9 Å². The Hall–Kier alpha value is -2.28. The third kappa shape index (κ3) is 4.09. The molecular formula is C20H20Cl2N2O4. The monoisotopic (exact) mass is 422 g/mol. The van der Waals surface area contributed by atoms with E-state index in [2.05, 4.69) is 0 Å². The lowest BCUT2D eigenvalue weighted by Gasteiger charge is -2.21. The maximum absolute atomic E-state index is 13.1. The van der Waals surface area contributed by atoms with Crippen LogP contribution in [-0.2, 0) is 13.1 Å². The molecule has 0 spiro atoms. The molecule has 28 heavy (non-hydrogen) atoms. The predicted octanol–water partition coefficient (Wildman–Crippen LogP) is 3.30. The summed E-state index contributed by atoms with van der Waals surface area (Å²) in [4.78, 5) is 26.1. The Morgan fingerprint density at radius 3 is 2.39 bits per heavy atom. The Kier molecular flexibility index (Phi) is 5.57. The number of aliphatic hydroxyl groups is 1. The molecule has 0 radical (unpaired) electrons. The molecule has 0 fully saturated rings. The van der Waals surface area contributed by atoms with Crippen molar-refractivity contribution in [1.82, 2.24) is 9.13 Å². The topological polar surface area (TPSA) is 73.5 Å². The van der Waals surface area contributed by atoms with E-state index in [1.165, 1.54) is 11.7 Å². The molecule has 3 rings (SSSR count). The highest BCUT2D eigenvalue weighted by Crippen LogP contribution is 2.25. The van der Waals surface area contributed by atoms with Crippen molar-refractivity contribution in [3.63, 3.8) is 0 Å². The Bertz CT molecular complexity index is 1160. The summed E-state index contributed by atoms with van der Waals surface area (Å²) in [5.74, 6) is 0.505. The maximum atomic E-state index is 13.1. The normalized spacial score (nSPS) is 11.8. The van der Waals surface area contributed by atoms with Crippen LogP contribution >= 0.6 is 23.2 Å². The molecule has 6 nitrogen and oxygen atoms in total. The minimum Gasteiger partial charge on any atom is -0.495 e. The highest BCUT2D eigenvalue weighted by Gasteiger charge is 2.20. The lowest BCUT2D eigenvalue weighted by atomic mass is 10.1. The van der Waals surface area contributed by atoms with Gasteiger partial charge in [0.2, 0.25) is 0 Å². The van der Waals surface area contributed by atoms with Gasteiger partial charge in [0.05, 0.1) is 41.7 Å². The summed E-state index contributed by atoms with van der Waals surface area (Å²) < 4.78 is 7.63. The summed E-state index contributed by atoms with van der Waals surface area (Å²) in [5, 5.41) is 11.4. The first-order valence-corrected chi connectivity index (χ1v) is 9.34. The number of benzene rings is 2. The second-order valence-electron chi connectivity index (χ2n) is 7.20. The van der Waals surface area contributed by atoms with Crippen molar-refractivity contribution in [3.05, 3.63) is 72.8 Å². The number of ether oxygens (including phenoxy) is 1. The first-order valence-electron chi connectivity index (χ1n) is 8.58. The molecule has 0 aliphatic rings. The lowest BCUT2D eigenvalue weighted by Crippen LogP contribution is -2.43. The van der Waals surface area contributed by atoms with Crippen LogP contribution in [-0.4, -0.2) is 27.0 Å². The fourth-order valence-electron chi connectivity index (χ4n) is 3.06. The number of nitrogens with zero attached hydrogens (tertiary/aromatic N) is 2. The molecule has 0 unspecified atom stereocenters. The van der Waals surface area contributed by atoms with Gasteiger partial charge in [-0.15, -0.1) is 0 Å². The molecule has 1 aromatic heterocycles. The van der Waals surface area contributed by atoms with E-state index >= 15 is 0 Å². The predicted molar refractivity (Wildman–Crippen MR) is 111 cm³/mol. The van der Waals surface area contributed by atoms with Gasteiger partial charge in [-0.05, 0) is 49.7 Å². The molecule has 0 aliphatic heterocycles. The molecule has 1 heterocycles. The summed E-state index contributed by atoms with van der Waals surface area (Å²) in [6, 6.07) is 9.80. The second-order valence-corrected chi connectivity index (χ2v) is 8.05. The molecule has 0 aliphatic carbocycles. The number of halogens is 2. The minimum absolute atomic E-state index is 0.00627. The third-order valence-electron chi connectivity index (χ3n) is 4.29. The summed E-state index contributed by atoms with van der Waals surface area (Å²) in [6.07, 6.45) is 0. The van der Waals surface area contributed by atoms with E-state index in [0.29, 0.717) is 32.3 Å². The molecule has 0 atom stereocenters. The van der Waals surface area contributed by atoms with Crippen molar-refractivity contribution < 1.29 is 9.84 Å². The zero-order valence-electron chi connectivity index (χ0n) is 15.7. The summed E-state index contributed by atoms with van der Waals surface area (Å²) in [6.45, 7) is 3.22. The smallest absolute Gasteiger partial charge is 0.331 e. The van der Waals surface area contributed by atoms with E-state index in [1.807, 2.05) is 0 Å². The number of rotatable bonds is 5. The molecule has 8 heteroatoms. The van der Waals surface area contributed by atoms with Gasteiger partial charge in [0.25, 0.3) is 5.56 Å². The molecule has 1 N–H and O–H groups in total. The van der Waals surface area contributed by atoms with Gasteiger partial charge in [0.15, 0.2) is 0 Å². The first kappa shape index (κ1) is 20.5. The van der Waals surface area contributed by atoms with Crippen molar-refractivity contribution in [1.29, 1.82) is 0 Å². The van der Waals surface area contributed by atoms with Crippen LogP contribution in [0.5, 0.6) is 5.75 Å². The molecule has 0 saturated heterocycles. The van der Waals surface area contributed by atoms with Crippen LogP contribution in [0.4, 0.5) is 0 Å². The van der Waals surface area contributed by atoms with E-state index in [1.54, 1.807) is 50.2 Å². The maximum Gasteiger partial charge on any atom is 0.331 e. The van der Waals surface area contributed by atoms with Crippen LogP contribution in [0.1, 0.15) is 19.4 Å². The highest BCUT2D eigenvalue weighted by molar-refractivity contribution is 6.32. The van der Waals surface area contributed by atoms with Gasteiger partial charge in [-0.25, -0.2) is 4.79 Å². The van der Waals surface area contributed by atoms with Crippen molar-refractivity contribution >= 4 is 34.1 Å². The molecule has 3 aromatic rings. The van der Waals surface area contributed by atoms with Gasteiger partial charge in [0, 0.05) is 5.02 Å². The van der Waals surface area contributed by atoms with E-state index < -0.39 is 16.9 Å². The fraction of sp³-hybridized carbons (Fsp3) is 0.300. The van der Waals surface area contributed by atoms with Crippen molar-refractivity contribution in [2.75, 3.05) is 7.11 Å². The van der Waals surface area contributed by atoms with Crippen LogP contribution in [0.3, 0.4) is 0 Å². The second kappa shape index (κ2) is 7.62. The van der Waals surface area contributed by atoms with Gasteiger partial charge in [-0.3, -0.25) is 13.9 Å². The summed E-state index contributed by atoms with van der Waals surface area (Å²) in [7, 11) is 1.51. The Morgan fingerprint density at radius 1 is 1.07 bits per heavy atom. The quantitative estimate of drug-likeness (QED) is 0.684. The molecule has 2 aromatic carbocycles. The standard InChI is InChI=1S/C20H20Cl2N2O4/c1-20(2,27)11-24-16-9-13(21)5-6-14(16)18(25)23(19(24)26)10-12-4-7-17(28-3)15(22)8-12/h4-9,27H,10-11H2,1-3H3. The van der Waals surface area contributed by atoms with Gasteiger partial charge in [-0.1, -0.05) is 29.3 Å². The Morgan fingerprint density at radius 2 is 1.79 bits per heavy atom. The average molecular weight is 423 g/mol. The van der Waals surface area contributed by atoms with Crippen molar-refractivity contribution in [3.8, 4) is 5.75 Å². The zero-order valence-corrected chi connectivity index (χ0v) is 17.2. The van der Waals surface area contributed by atoms with E-state index in [-0.39, 0.29) is 13.1 Å². The Balaban J connectivity index is 2.23. The van der Waals surface area contributed by atoms with Gasteiger partial charge in [0.1, 0.15) is 5.75 Å². The highest BCUT2D eigenvalue weighted by atomic mass is 35.5. The van der Waals surface area contributed by atoms with Gasteiger partial charge >= 0.3 is 5.69 Å². The molecule has 0 saturated carbocycles. The third-order valence-corrected chi connectivity index (χ3v) is 4.82. The Labute approximate surface area is 171 Å². The number of aromatic nitrogens is 2. The number of methoxy groups -OCH3 is 1. The van der Waals surface area contributed by atoms with Gasteiger partial charge in [-0.2, -0.15) is 0 Å². The molecular weight excluding hydrogens is 403 g/mol. The minimum atomic E-state index is -1.16. The van der Waals surface area contributed by atoms with Crippen LogP contribution in [0.2, 0.25) is 10.0 Å². The van der Waals surface area contributed by atoms with Crippen molar-refractivity contribution in [2.45, 2.75) is 32.5 Å². The summed E-state index contributed by atoms with van der Waals surface area (Å²) >= 11 is 12.2. The van der Waals surface area contributed by atoms with Crippen LogP contribution < -0.4 is 16.0 Å². The largest absolute Gasteiger partial charge is 0.495 e. The molecule has 0 amide bonds. The SMILES string of the molecule is COc1ccc(Cn2c(=O)c3ccc(Cl)cc3n(CC(C)(C)O)c2=O)cc1Cl. The fourth-order valence-corrected chi connectivity index (χ4v) is 3.51. The van der Waals surface area contributed by atoms with Crippen molar-refractivity contribution in [2.24, 2.45) is 0 Å². The number of fused-ring (bicyclic) bond motifs is 1. The van der Waals surface area contributed by atoms with Crippen LogP contribution in [0.25, 0.3) is 10.9 Å². The molecule has 0 bridgehead atoms. The first-order chi connectivity index (χ1) is 13.1. The van der Waals surface area contributed by atoms with Gasteiger partial charge < -0.3 is 9.84 Å². The zero-order chi connectivity index (χ0) is 20.6. The van der Waals surface area contributed by atoms with E-state index in [9.17, 15) is 14.7 Å². The number of hydrogen-bond acceptors (Lipinski definition) is 4.